The minimum Gasteiger partial charge on any atom is -0.334 e. The molecule has 2 atom stereocenters. The Balaban J connectivity index is 0.00000288. The summed E-state index contributed by atoms with van der Waals surface area (Å²) in [5.74, 6) is 0.756. The minimum absolute atomic E-state index is 0. The molecule has 1 aliphatic heterocycles. The number of halogens is 1. The zero-order valence-corrected chi connectivity index (χ0v) is 15.9. The van der Waals surface area contributed by atoms with Gasteiger partial charge in [-0.3, -0.25) is 9.78 Å². The number of hydrogen-bond donors (Lipinski definition) is 1. The second-order valence-electron chi connectivity index (χ2n) is 6.78. The third kappa shape index (κ3) is 6.78. The summed E-state index contributed by atoms with van der Waals surface area (Å²) in [7, 11) is 0. The normalized spacial score (nSPS) is 19.0. The Morgan fingerprint density at radius 1 is 1.38 bits per heavy atom. The minimum atomic E-state index is 0. The van der Waals surface area contributed by atoms with Gasteiger partial charge < -0.3 is 10.2 Å². The van der Waals surface area contributed by atoms with Gasteiger partial charge in [0.05, 0.1) is 12.2 Å². The van der Waals surface area contributed by atoms with E-state index in [9.17, 15) is 4.79 Å². The quantitative estimate of drug-likeness (QED) is 0.810. The number of hydrogen-bond acceptors (Lipinski definition) is 3. The van der Waals surface area contributed by atoms with Crippen LogP contribution in [-0.4, -0.2) is 34.9 Å². The van der Waals surface area contributed by atoms with Crippen LogP contribution < -0.4 is 5.32 Å². The topological polar surface area (TPSA) is 45.2 Å². The maximum absolute atomic E-state index is 12.9. The smallest absolute Gasteiger partial charge is 0.223 e. The molecule has 136 valence electrons. The van der Waals surface area contributed by atoms with E-state index in [2.05, 4.69) is 29.0 Å². The molecule has 1 fully saturated rings. The fourth-order valence-corrected chi connectivity index (χ4v) is 3.41. The lowest BCUT2D eigenvalue weighted by Gasteiger charge is -2.32. The molecule has 1 N–H and O–H groups in total. The average molecular weight is 354 g/mol. The first kappa shape index (κ1) is 20.9. The second kappa shape index (κ2) is 11.4. The van der Waals surface area contributed by atoms with E-state index in [-0.39, 0.29) is 12.4 Å². The van der Waals surface area contributed by atoms with Crippen molar-refractivity contribution in [3.05, 3.63) is 30.1 Å². The summed E-state index contributed by atoms with van der Waals surface area (Å²) in [6.45, 7) is 7.08. The van der Waals surface area contributed by atoms with Crippen molar-refractivity contribution in [1.82, 2.24) is 15.2 Å². The summed E-state index contributed by atoms with van der Waals surface area (Å²) in [4.78, 5) is 19.4. The van der Waals surface area contributed by atoms with Crippen LogP contribution in [-0.2, 0) is 11.3 Å². The van der Waals surface area contributed by atoms with Crippen molar-refractivity contribution >= 4 is 18.3 Å². The summed E-state index contributed by atoms with van der Waals surface area (Å²) in [5, 5.41) is 3.44. The number of pyridine rings is 1. The van der Waals surface area contributed by atoms with Crippen LogP contribution in [0, 0.1) is 5.92 Å². The standard InChI is InChI=1S/C19H31N3O.ClH/c1-3-7-16(2)14-19(23)22(15-17-8-4-5-12-21-17)18-9-6-11-20-13-10-18;/h4-5,8,12,16,18,20H,3,6-7,9-11,13-15H2,1-2H3;1H. The molecular formula is C19H32ClN3O. The van der Waals surface area contributed by atoms with E-state index in [1.54, 1.807) is 0 Å². The van der Waals surface area contributed by atoms with Gasteiger partial charge in [-0.25, -0.2) is 0 Å². The van der Waals surface area contributed by atoms with Gasteiger partial charge in [0.1, 0.15) is 0 Å². The molecule has 2 rings (SSSR count). The first-order valence-corrected chi connectivity index (χ1v) is 9.10. The van der Waals surface area contributed by atoms with Crippen LogP contribution in [0.15, 0.2) is 24.4 Å². The van der Waals surface area contributed by atoms with Gasteiger partial charge in [-0.05, 0) is 50.4 Å². The van der Waals surface area contributed by atoms with Gasteiger partial charge in [0.2, 0.25) is 5.91 Å². The first-order valence-electron chi connectivity index (χ1n) is 9.10. The summed E-state index contributed by atoms with van der Waals surface area (Å²) in [6.07, 6.45) is 8.00. The average Bonchev–Trinajstić information content (AvgIpc) is 2.82. The van der Waals surface area contributed by atoms with Gasteiger partial charge in [-0.15, -0.1) is 12.4 Å². The Hall–Kier alpha value is -1.13. The SMILES string of the molecule is CCCC(C)CC(=O)N(Cc1ccccn1)C1CCCNCC1.Cl. The molecule has 0 aliphatic carbocycles. The van der Waals surface area contributed by atoms with E-state index in [1.165, 1.54) is 0 Å². The molecule has 5 heteroatoms. The van der Waals surface area contributed by atoms with Crippen molar-refractivity contribution < 1.29 is 4.79 Å². The maximum atomic E-state index is 12.9. The lowest BCUT2D eigenvalue weighted by atomic mass is 9.99. The van der Waals surface area contributed by atoms with Gasteiger partial charge >= 0.3 is 0 Å². The maximum Gasteiger partial charge on any atom is 0.223 e. The number of amides is 1. The van der Waals surface area contributed by atoms with E-state index < -0.39 is 0 Å². The summed E-state index contributed by atoms with van der Waals surface area (Å²) in [5.41, 5.74) is 0.987. The van der Waals surface area contributed by atoms with Crippen molar-refractivity contribution in [2.24, 2.45) is 5.92 Å². The van der Waals surface area contributed by atoms with Crippen LogP contribution in [0.25, 0.3) is 0 Å². The molecule has 0 aromatic carbocycles. The van der Waals surface area contributed by atoms with Crippen molar-refractivity contribution in [1.29, 1.82) is 0 Å². The first-order chi connectivity index (χ1) is 11.2. The summed E-state index contributed by atoms with van der Waals surface area (Å²) in [6, 6.07) is 6.28. The monoisotopic (exact) mass is 353 g/mol. The molecule has 4 nitrogen and oxygen atoms in total. The van der Waals surface area contributed by atoms with Crippen LogP contribution in [0.5, 0.6) is 0 Å². The Morgan fingerprint density at radius 2 is 2.21 bits per heavy atom. The molecule has 0 bridgehead atoms. The molecule has 24 heavy (non-hydrogen) atoms. The fraction of sp³-hybridized carbons (Fsp3) is 0.684. The van der Waals surface area contributed by atoms with Gasteiger partial charge in [0.15, 0.2) is 0 Å². The molecule has 0 radical (unpaired) electrons. The van der Waals surface area contributed by atoms with Crippen molar-refractivity contribution in [2.45, 2.75) is 65.0 Å². The predicted molar refractivity (Wildman–Crippen MR) is 101 cm³/mol. The number of aromatic nitrogens is 1. The lowest BCUT2D eigenvalue weighted by Crippen LogP contribution is -2.41. The van der Waals surface area contributed by atoms with Gasteiger partial charge in [-0.1, -0.05) is 32.8 Å². The number of nitrogens with one attached hydrogen (secondary N) is 1. The highest BCUT2D eigenvalue weighted by atomic mass is 35.5. The highest BCUT2D eigenvalue weighted by Gasteiger charge is 2.25. The molecule has 0 spiro atoms. The van der Waals surface area contributed by atoms with Crippen LogP contribution in [0.3, 0.4) is 0 Å². The highest BCUT2D eigenvalue weighted by molar-refractivity contribution is 5.85. The number of rotatable bonds is 7. The molecule has 1 saturated heterocycles. The molecule has 1 aromatic heterocycles. The van der Waals surface area contributed by atoms with Crippen LogP contribution >= 0.6 is 12.4 Å². The van der Waals surface area contributed by atoms with E-state index in [0.717, 1.165) is 50.9 Å². The Labute approximate surface area is 152 Å². The number of carbonyl (C=O) groups is 1. The zero-order valence-electron chi connectivity index (χ0n) is 15.0. The highest BCUT2D eigenvalue weighted by Crippen LogP contribution is 2.20. The van der Waals surface area contributed by atoms with Gasteiger partial charge in [0, 0.05) is 18.7 Å². The third-order valence-corrected chi connectivity index (χ3v) is 4.67. The number of nitrogens with zero attached hydrogens (tertiary/aromatic N) is 2. The van der Waals surface area contributed by atoms with Crippen molar-refractivity contribution in [3.8, 4) is 0 Å². The molecule has 1 aliphatic rings. The van der Waals surface area contributed by atoms with Crippen LogP contribution in [0.4, 0.5) is 0 Å². The molecule has 1 aromatic rings. The second-order valence-corrected chi connectivity index (χ2v) is 6.78. The molecule has 0 saturated carbocycles. The van der Waals surface area contributed by atoms with E-state index in [4.69, 9.17) is 0 Å². The summed E-state index contributed by atoms with van der Waals surface area (Å²) < 4.78 is 0. The van der Waals surface area contributed by atoms with Crippen molar-refractivity contribution in [3.63, 3.8) is 0 Å². The van der Waals surface area contributed by atoms with Crippen LogP contribution in [0.1, 0.15) is 58.1 Å². The van der Waals surface area contributed by atoms with Crippen LogP contribution in [0.2, 0.25) is 0 Å². The van der Waals surface area contributed by atoms with E-state index in [1.807, 2.05) is 24.4 Å². The summed E-state index contributed by atoms with van der Waals surface area (Å²) >= 11 is 0. The molecular weight excluding hydrogens is 322 g/mol. The molecule has 2 unspecified atom stereocenters. The molecule has 2 heterocycles. The Morgan fingerprint density at radius 3 is 2.92 bits per heavy atom. The predicted octanol–water partition coefficient (Wildman–Crippen LogP) is 3.80. The Bertz CT molecular complexity index is 461. The molecule has 1 amide bonds. The van der Waals surface area contributed by atoms with Gasteiger partial charge in [-0.2, -0.15) is 0 Å². The van der Waals surface area contributed by atoms with Gasteiger partial charge in [0.25, 0.3) is 0 Å². The lowest BCUT2D eigenvalue weighted by molar-refractivity contribution is -0.135. The zero-order chi connectivity index (χ0) is 16.5. The largest absolute Gasteiger partial charge is 0.334 e. The number of carbonyl (C=O) groups excluding carboxylic acids is 1. The van der Waals surface area contributed by atoms with E-state index in [0.29, 0.717) is 30.8 Å². The Kier molecular flexibility index (Phi) is 9.96. The third-order valence-electron chi connectivity index (χ3n) is 4.67. The van der Waals surface area contributed by atoms with E-state index >= 15 is 0 Å². The van der Waals surface area contributed by atoms with Crippen molar-refractivity contribution in [2.75, 3.05) is 13.1 Å². The fourth-order valence-electron chi connectivity index (χ4n) is 3.41.